The van der Waals surface area contributed by atoms with Gasteiger partial charge in [-0.1, -0.05) is 51.9 Å². The first-order chi connectivity index (χ1) is 5.91. The predicted molar refractivity (Wildman–Crippen MR) is 61.6 cm³/mol. The summed E-state index contributed by atoms with van der Waals surface area (Å²) in [4.78, 5) is 0. The van der Waals surface area contributed by atoms with Crippen molar-refractivity contribution in [1.29, 1.82) is 0 Å². The summed E-state index contributed by atoms with van der Waals surface area (Å²) in [6.45, 7) is 2.27. The van der Waals surface area contributed by atoms with Crippen LogP contribution >= 0.6 is 19.2 Å². The third-order valence-electron chi connectivity index (χ3n) is 2.12. The smallest absolute Gasteiger partial charge is 0.0214 e. The number of unbranched alkanes of at least 4 members (excludes halogenated alkanes) is 7. The molecule has 0 N–H and O–H groups in total. The van der Waals surface area contributed by atoms with Gasteiger partial charge in [0.15, 0.2) is 0 Å². The third kappa shape index (κ3) is 10.7. The predicted octanol–water partition coefficient (Wildman–Crippen LogP) is 4.96. The van der Waals surface area contributed by atoms with Gasteiger partial charge in [0.2, 0.25) is 0 Å². The van der Waals surface area contributed by atoms with E-state index in [0.29, 0.717) is 7.93 Å². The molecule has 0 aliphatic rings. The highest BCUT2D eigenvalue weighted by Crippen LogP contribution is 2.18. The van der Waals surface area contributed by atoms with E-state index in [9.17, 15) is 0 Å². The van der Waals surface area contributed by atoms with Crippen LogP contribution in [-0.4, -0.2) is 6.16 Å². The number of hydrogen-bond acceptors (Lipinski definition) is 0. The summed E-state index contributed by atoms with van der Waals surface area (Å²) in [5.41, 5.74) is 0. The van der Waals surface area contributed by atoms with E-state index in [0.717, 1.165) is 0 Å². The maximum Gasteiger partial charge on any atom is -0.0214 e. The van der Waals surface area contributed by atoms with Crippen LogP contribution in [0.4, 0.5) is 0 Å². The van der Waals surface area contributed by atoms with E-state index in [2.05, 4.69) is 6.92 Å². The van der Waals surface area contributed by atoms with Crippen LogP contribution in [0.15, 0.2) is 0 Å². The van der Waals surface area contributed by atoms with Crippen LogP contribution in [-0.2, 0) is 0 Å². The number of hydrogen-bond donors (Lipinski definition) is 0. The van der Waals surface area contributed by atoms with Crippen molar-refractivity contribution in [2.75, 3.05) is 6.16 Å². The van der Waals surface area contributed by atoms with E-state index in [1.807, 2.05) is 0 Å². The highest BCUT2D eigenvalue weighted by atomic mass is 35.7. The van der Waals surface area contributed by atoms with Crippen LogP contribution < -0.4 is 0 Å². The van der Waals surface area contributed by atoms with Crippen molar-refractivity contribution in [1.82, 2.24) is 0 Å². The quantitative estimate of drug-likeness (QED) is 0.371. The second-order valence-corrected chi connectivity index (χ2v) is 4.93. The molecule has 0 aromatic rings. The number of rotatable bonds is 9. The van der Waals surface area contributed by atoms with Crippen LogP contribution in [0.25, 0.3) is 0 Å². The molecule has 0 amide bonds. The van der Waals surface area contributed by atoms with Crippen LogP contribution in [0.2, 0.25) is 0 Å². The zero-order valence-electron chi connectivity index (χ0n) is 8.24. The molecule has 0 bridgehead atoms. The maximum absolute atomic E-state index is 5.61. The van der Waals surface area contributed by atoms with Gasteiger partial charge in [-0.25, -0.2) is 0 Å². The topological polar surface area (TPSA) is 0 Å². The SMILES string of the molecule is CCCCCCCCCCPCl. The monoisotopic (exact) mass is 208 g/mol. The zero-order chi connectivity index (χ0) is 9.07. The Balaban J connectivity index is 2.73. The second-order valence-electron chi connectivity index (χ2n) is 3.36. The van der Waals surface area contributed by atoms with Gasteiger partial charge in [-0.2, -0.15) is 0 Å². The minimum absolute atomic E-state index is 0.642. The van der Waals surface area contributed by atoms with Crippen molar-refractivity contribution in [3.8, 4) is 0 Å². The Morgan fingerprint density at radius 2 is 1.33 bits per heavy atom. The van der Waals surface area contributed by atoms with E-state index in [4.69, 9.17) is 11.2 Å². The third-order valence-corrected chi connectivity index (χ3v) is 3.23. The average Bonchev–Trinajstić information content (AvgIpc) is 2.10. The minimum Gasteiger partial charge on any atom is -0.100 e. The number of halogens is 1. The fourth-order valence-electron chi connectivity index (χ4n) is 1.33. The Morgan fingerprint density at radius 1 is 0.833 bits per heavy atom. The zero-order valence-corrected chi connectivity index (χ0v) is 10.00. The standard InChI is InChI=1S/C10H22ClP/c1-2-3-4-5-6-7-8-9-10-12-11/h12H,2-10H2,1H3. The molecule has 0 aliphatic heterocycles. The molecule has 74 valence electrons. The lowest BCUT2D eigenvalue weighted by atomic mass is 10.1. The molecule has 0 radical (unpaired) electrons. The van der Waals surface area contributed by atoms with E-state index in [1.54, 1.807) is 0 Å². The molecule has 0 saturated heterocycles. The summed E-state index contributed by atoms with van der Waals surface area (Å²) < 4.78 is 0. The van der Waals surface area contributed by atoms with Crippen molar-refractivity contribution in [3.63, 3.8) is 0 Å². The molecule has 0 nitrogen and oxygen atoms in total. The van der Waals surface area contributed by atoms with E-state index < -0.39 is 0 Å². The van der Waals surface area contributed by atoms with Crippen molar-refractivity contribution in [3.05, 3.63) is 0 Å². The summed E-state index contributed by atoms with van der Waals surface area (Å²) in [5, 5.41) is 0. The Bertz CT molecular complexity index is 66.2. The molecule has 0 spiro atoms. The molecular formula is C10H22ClP. The van der Waals surface area contributed by atoms with E-state index >= 15 is 0 Å². The summed E-state index contributed by atoms with van der Waals surface area (Å²) >= 11 is 5.61. The minimum atomic E-state index is 0.642. The van der Waals surface area contributed by atoms with Crippen LogP contribution in [0.3, 0.4) is 0 Å². The summed E-state index contributed by atoms with van der Waals surface area (Å²) in [6, 6.07) is 0. The maximum atomic E-state index is 5.61. The molecule has 12 heavy (non-hydrogen) atoms. The molecule has 0 heterocycles. The van der Waals surface area contributed by atoms with Gasteiger partial charge in [0.1, 0.15) is 0 Å². The van der Waals surface area contributed by atoms with Crippen molar-refractivity contribution >= 4 is 19.2 Å². The fraction of sp³-hybridized carbons (Fsp3) is 1.00. The van der Waals surface area contributed by atoms with Gasteiger partial charge in [0, 0.05) is 0 Å². The van der Waals surface area contributed by atoms with E-state index in [-0.39, 0.29) is 0 Å². The van der Waals surface area contributed by atoms with Gasteiger partial charge in [0.05, 0.1) is 0 Å². The van der Waals surface area contributed by atoms with Crippen LogP contribution in [0.5, 0.6) is 0 Å². The second kappa shape index (κ2) is 11.7. The van der Waals surface area contributed by atoms with Crippen molar-refractivity contribution in [2.45, 2.75) is 58.3 Å². The molecule has 1 atom stereocenters. The molecule has 0 aromatic heterocycles. The largest absolute Gasteiger partial charge is 0.100 e. The molecule has 1 unspecified atom stereocenters. The van der Waals surface area contributed by atoms with Crippen LogP contribution in [0, 0.1) is 0 Å². The molecule has 0 aliphatic carbocycles. The molecular weight excluding hydrogens is 187 g/mol. The van der Waals surface area contributed by atoms with Gasteiger partial charge in [-0.15, -0.1) is 11.2 Å². The Morgan fingerprint density at radius 3 is 1.83 bits per heavy atom. The van der Waals surface area contributed by atoms with Gasteiger partial charge < -0.3 is 0 Å². The van der Waals surface area contributed by atoms with Gasteiger partial charge in [-0.3, -0.25) is 0 Å². The highest BCUT2D eigenvalue weighted by Gasteiger charge is 1.90. The Kier molecular flexibility index (Phi) is 12.4. The lowest BCUT2D eigenvalue weighted by molar-refractivity contribution is 0.586. The lowest BCUT2D eigenvalue weighted by Crippen LogP contribution is -1.80. The van der Waals surface area contributed by atoms with Crippen molar-refractivity contribution in [2.24, 2.45) is 0 Å². The summed E-state index contributed by atoms with van der Waals surface area (Å²) in [5.74, 6) is 0. The summed E-state index contributed by atoms with van der Waals surface area (Å²) in [6.07, 6.45) is 12.5. The van der Waals surface area contributed by atoms with Gasteiger partial charge in [-0.05, 0) is 20.5 Å². The molecule has 0 fully saturated rings. The molecule has 0 saturated carbocycles. The van der Waals surface area contributed by atoms with E-state index in [1.165, 1.54) is 57.5 Å². The van der Waals surface area contributed by atoms with Crippen LogP contribution in [0.1, 0.15) is 58.3 Å². The molecule has 0 rings (SSSR count). The van der Waals surface area contributed by atoms with Gasteiger partial charge in [0.25, 0.3) is 0 Å². The van der Waals surface area contributed by atoms with Gasteiger partial charge >= 0.3 is 0 Å². The fourth-order valence-corrected chi connectivity index (χ4v) is 2.11. The average molecular weight is 209 g/mol. The van der Waals surface area contributed by atoms with Crippen molar-refractivity contribution < 1.29 is 0 Å². The summed E-state index contributed by atoms with van der Waals surface area (Å²) in [7, 11) is 0.642. The Hall–Kier alpha value is 0.720. The first-order valence-corrected chi connectivity index (χ1v) is 7.47. The highest BCUT2D eigenvalue weighted by molar-refractivity contribution is 7.68. The molecule has 2 heteroatoms. The Labute approximate surface area is 84.0 Å². The normalized spacial score (nSPS) is 11.5. The lowest BCUT2D eigenvalue weighted by Gasteiger charge is -1.99. The first-order valence-electron chi connectivity index (χ1n) is 5.25. The first kappa shape index (κ1) is 12.7. The molecule has 0 aromatic carbocycles.